The Kier molecular flexibility index (Phi) is 5.62. The van der Waals surface area contributed by atoms with Crippen LogP contribution in [-0.2, 0) is 17.7 Å². The predicted molar refractivity (Wildman–Crippen MR) is 116 cm³/mol. The van der Waals surface area contributed by atoms with Crippen molar-refractivity contribution in [3.63, 3.8) is 0 Å². The van der Waals surface area contributed by atoms with Crippen molar-refractivity contribution in [2.24, 2.45) is 0 Å². The van der Waals surface area contributed by atoms with Crippen LogP contribution < -0.4 is 14.8 Å². The van der Waals surface area contributed by atoms with Crippen molar-refractivity contribution in [3.8, 4) is 11.5 Å². The smallest absolute Gasteiger partial charge is 0.341 e. The predicted octanol–water partition coefficient (Wildman–Crippen LogP) is 4.28. The number of carbonyl (C=O) groups is 1. The van der Waals surface area contributed by atoms with E-state index in [9.17, 15) is 4.79 Å². The van der Waals surface area contributed by atoms with Crippen molar-refractivity contribution in [2.75, 3.05) is 39.7 Å². The van der Waals surface area contributed by atoms with Gasteiger partial charge in [-0.3, -0.25) is 4.90 Å². The van der Waals surface area contributed by atoms with Crippen molar-refractivity contribution in [1.82, 2.24) is 9.88 Å². The molecule has 0 amide bonds. The van der Waals surface area contributed by atoms with Crippen LogP contribution in [0.3, 0.4) is 0 Å². The third-order valence-electron chi connectivity index (χ3n) is 5.08. The number of carbonyl (C=O) groups excluding carboxylic acids is 1. The minimum absolute atomic E-state index is 0.310. The summed E-state index contributed by atoms with van der Waals surface area (Å²) in [6.07, 6.45) is 0.844. The van der Waals surface area contributed by atoms with E-state index in [1.165, 1.54) is 23.3 Å². The number of methoxy groups -OCH3 is 3. The molecule has 29 heavy (non-hydrogen) atoms. The van der Waals surface area contributed by atoms with Gasteiger partial charge in [0.15, 0.2) is 5.13 Å². The van der Waals surface area contributed by atoms with Crippen molar-refractivity contribution in [2.45, 2.75) is 19.9 Å². The molecule has 2 aromatic heterocycles. The number of thiophene rings is 1. The molecule has 4 rings (SSSR count). The summed E-state index contributed by atoms with van der Waals surface area (Å²) in [5, 5.41) is 4.85. The number of anilines is 2. The van der Waals surface area contributed by atoms with Crippen LogP contribution in [0.15, 0.2) is 12.1 Å². The first kappa shape index (κ1) is 19.9. The van der Waals surface area contributed by atoms with Crippen LogP contribution in [-0.4, -0.2) is 50.3 Å². The van der Waals surface area contributed by atoms with Gasteiger partial charge in [-0.25, -0.2) is 9.78 Å². The highest BCUT2D eigenvalue weighted by Gasteiger charge is 2.28. The van der Waals surface area contributed by atoms with E-state index in [1.54, 1.807) is 25.6 Å². The van der Waals surface area contributed by atoms with Gasteiger partial charge in [0.25, 0.3) is 0 Å². The third kappa shape index (κ3) is 3.65. The number of likely N-dealkylation sites (N-methyl/N-ethyl adjacent to an activating group) is 1. The number of ether oxygens (including phenoxy) is 3. The number of esters is 1. The standard InChI is InChI=1S/C20H23N3O4S2/c1-5-23-7-6-12-15(10-23)28-18(16(12)19(24)27-4)22-20-21-17-13(26-3)8-11(25-2)9-14(17)29-20/h8-9H,5-7,10H2,1-4H3,(H,21,22). The molecular formula is C20H23N3O4S2. The summed E-state index contributed by atoms with van der Waals surface area (Å²) in [4.78, 5) is 20.8. The largest absolute Gasteiger partial charge is 0.497 e. The number of fused-ring (bicyclic) bond motifs is 2. The SMILES string of the molecule is CCN1CCc2c(sc(Nc3nc4c(OC)cc(OC)cc4s3)c2C(=O)OC)C1. The van der Waals surface area contributed by atoms with Crippen LogP contribution in [0.1, 0.15) is 27.7 Å². The molecule has 0 radical (unpaired) electrons. The maximum absolute atomic E-state index is 12.5. The number of hydrogen-bond donors (Lipinski definition) is 1. The quantitative estimate of drug-likeness (QED) is 0.582. The van der Waals surface area contributed by atoms with Crippen molar-refractivity contribution >= 4 is 49.0 Å². The molecule has 1 aliphatic rings. The van der Waals surface area contributed by atoms with Crippen molar-refractivity contribution in [1.29, 1.82) is 0 Å². The van der Waals surface area contributed by atoms with Gasteiger partial charge < -0.3 is 19.5 Å². The van der Waals surface area contributed by atoms with Gasteiger partial charge in [-0.1, -0.05) is 18.3 Å². The molecule has 0 saturated carbocycles. The van der Waals surface area contributed by atoms with E-state index in [4.69, 9.17) is 14.2 Å². The van der Waals surface area contributed by atoms with E-state index in [0.29, 0.717) is 22.2 Å². The lowest BCUT2D eigenvalue weighted by atomic mass is 10.0. The van der Waals surface area contributed by atoms with Crippen molar-refractivity contribution in [3.05, 3.63) is 28.1 Å². The Morgan fingerprint density at radius 1 is 1.24 bits per heavy atom. The Morgan fingerprint density at radius 3 is 2.76 bits per heavy atom. The lowest BCUT2D eigenvalue weighted by Crippen LogP contribution is -2.29. The van der Waals surface area contributed by atoms with E-state index >= 15 is 0 Å². The Hall–Kier alpha value is -2.36. The number of rotatable bonds is 6. The molecule has 0 unspecified atom stereocenters. The fraction of sp³-hybridized carbons (Fsp3) is 0.400. The van der Waals surface area contributed by atoms with Crippen LogP contribution in [0, 0.1) is 0 Å². The second-order valence-corrected chi connectivity index (χ2v) is 8.77. The molecule has 1 aliphatic heterocycles. The van der Waals surface area contributed by atoms with Crippen LogP contribution >= 0.6 is 22.7 Å². The molecule has 1 aromatic carbocycles. The van der Waals surface area contributed by atoms with Gasteiger partial charge in [-0.2, -0.15) is 0 Å². The number of aromatic nitrogens is 1. The molecule has 0 fully saturated rings. The summed E-state index contributed by atoms with van der Waals surface area (Å²) in [6.45, 7) is 4.95. The Labute approximate surface area is 177 Å². The zero-order valence-electron chi connectivity index (χ0n) is 16.8. The third-order valence-corrected chi connectivity index (χ3v) is 7.13. The van der Waals surface area contributed by atoms with Crippen LogP contribution in [0.2, 0.25) is 0 Å². The van der Waals surface area contributed by atoms with Crippen LogP contribution in [0.5, 0.6) is 11.5 Å². The first-order valence-electron chi connectivity index (χ1n) is 9.32. The van der Waals surface area contributed by atoms with Crippen LogP contribution in [0.25, 0.3) is 10.2 Å². The van der Waals surface area contributed by atoms with Crippen molar-refractivity contribution < 1.29 is 19.0 Å². The maximum atomic E-state index is 12.5. The number of nitrogens with zero attached hydrogens (tertiary/aromatic N) is 2. The van der Waals surface area contributed by atoms with Crippen LogP contribution in [0.4, 0.5) is 10.1 Å². The Balaban J connectivity index is 1.74. The summed E-state index contributed by atoms with van der Waals surface area (Å²) in [6, 6.07) is 3.75. The van der Waals surface area contributed by atoms with Gasteiger partial charge in [0.1, 0.15) is 22.0 Å². The number of hydrogen-bond acceptors (Lipinski definition) is 9. The monoisotopic (exact) mass is 433 g/mol. The number of nitrogens with one attached hydrogen (secondary N) is 1. The van der Waals surface area contributed by atoms with E-state index in [0.717, 1.165) is 46.8 Å². The average Bonchev–Trinajstić information content (AvgIpc) is 3.31. The normalized spacial score (nSPS) is 13.9. The molecule has 7 nitrogen and oxygen atoms in total. The lowest BCUT2D eigenvalue weighted by Gasteiger charge is -2.25. The second-order valence-electron chi connectivity index (χ2n) is 6.64. The summed E-state index contributed by atoms with van der Waals surface area (Å²) >= 11 is 3.10. The zero-order chi connectivity index (χ0) is 20.5. The summed E-state index contributed by atoms with van der Waals surface area (Å²) < 4.78 is 16.8. The minimum Gasteiger partial charge on any atom is -0.497 e. The summed E-state index contributed by atoms with van der Waals surface area (Å²) in [7, 11) is 4.66. The molecule has 0 bridgehead atoms. The molecule has 0 aliphatic carbocycles. The highest BCUT2D eigenvalue weighted by atomic mass is 32.1. The molecule has 0 saturated heterocycles. The number of benzene rings is 1. The molecule has 154 valence electrons. The van der Waals surface area contributed by atoms with Gasteiger partial charge in [0, 0.05) is 24.0 Å². The fourth-order valence-electron chi connectivity index (χ4n) is 3.53. The molecule has 1 N–H and O–H groups in total. The molecular weight excluding hydrogens is 410 g/mol. The van der Waals surface area contributed by atoms with Gasteiger partial charge in [-0.15, -0.1) is 11.3 Å². The molecule has 0 spiro atoms. The Bertz CT molecular complexity index is 1060. The first-order valence-corrected chi connectivity index (χ1v) is 11.0. The zero-order valence-corrected chi connectivity index (χ0v) is 18.5. The van der Waals surface area contributed by atoms with E-state index in [2.05, 4.69) is 22.1 Å². The lowest BCUT2D eigenvalue weighted by molar-refractivity contribution is 0.0600. The highest BCUT2D eigenvalue weighted by Crippen LogP contribution is 2.42. The number of thiazole rings is 1. The Morgan fingerprint density at radius 2 is 2.07 bits per heavy atom. The fourth-order valence-corrected chi connectivity index (χ4v) is 5.79. The molecule has 0 atom stereocenters. The highest BCUT2D eigenvalue weighted by molar-refractivity contribution is 7.23. The maximum Gasteiger partial charge on any atom is 0.341 e. The van der Waals surface area contributed by atoms with E-state index < -0.39 is 0 Å². The first-order chi connectivity index (χ1) is 14.1. The van der Waals surface area contributed by atoms with Gasteiger partial charge in [0.2, 0.25) is 0 Å². The molecule has 3 heterocycles. The minimum atomic E-state index is -0.310. The molecule has 9 heteroatoms. The summed E-state index contributed by atoms with van der Waals surface area (Å²) in [5.74, 6) is 1.06. The van der Waals surface area contributed by atoms with E-state index in [1.807, 2.05) is 12.1 Å². The topological polar surface area (TPSA) is 72.9 Å². The van der Waals surface area contributed by atoms with E-state index in [-0.39, 0.29) is 5.97 Å². The van der Waals surface area contributed by atoms with Gasteiger partial charge in [0.05, 0.1) is 31.6 Å². The van der Waals surface area contributed by atoms with Gasteiger partial charge >= 0.3 is 5.97 Å². The van der Waals surface area contributed by atoms with Gasteiger partial charge in [-0.05, 0) is 24.6 Å². The second kappa shape index (κ2) is 8.17. The average molecular weight is 434 g/mol. The summed E-state index contributed by atoms with van der Waals surface area (Å²) in [5.41, 5.74) is 2.49. The molecule has 3 aromatic rings.